The van der Waals surface area contributed by atoms with Crippen LogP contribution >= 0.6 is 23.2 Å². The lowest BCUT2D eigenvalue weighted by atomic mass is 9.92. The monoisotopic (exact) mass is 273 g/mol. The molecule has 0 spiro atoms. The molecule has 0 amide bonds. The zero-order valence-corrected chi connectivity index (χ0v) is 11.4. The maximum atomic E-state index is 5.99. The first-order valence-electron chi connectivity index (χ1n) is 5.93. The molecule has 0 aromatic heterocycles. The molecule has 1 N–H and O–H groups in total. The summed E-state index contributed by atoms with van der Waals surface area (Å²) in [6, 6.07) is 6.12. The predicted octanol–water partition coefficient (Wildman–Crippen LogP) is 4.36. The van der Waals surface area contributed by atoms with E-state index in [0.717, 1.165) is 18.5 Å². The summed E-state index contributed by atoms with van der Waals surface area (Å²) in [7, 11) is 1.78. The fourth-order valence-electron chi connectivity index (χ4n) is 2.31. The normalized spacial score (nSPS) is 24.6. The summed E-state index contributed by atoms with van der Waals surface area (Å²) in [5.74, 6) is 0. The third-order valence-electron chi connectivity index (χ3n) is 3.25. The maximum Gasteiger partial charge on any atom is 0.0612 e. The standard InChI is InChI=1S/C13H17Cl2NO/c1-17-11-4-2-3-9(7-11)16-10-5-6-12(14)13(15)8-10/h5-6,8-9,11,16H,2-4,7H2,1H3. The van der Waals surface area contributed by atoms with E-state index in [-0.39, 0.29) is 0 Å². The molecule has 1 aliphatic carbocycles. The van der Waals surface area contributed by atoms with Gasteiger partial charge in [-0.1, -0.05) is 23.2 Å². The van der Waals surface area contributed by atoms with Gasteiger partial charge in [0.25, 0.3) is 0 Å². The second-order valence-corrected chi connectivity index (χ2v) is 5.31. The maximum absolute atomic E-state index is 5.99. The van der Waals surface area contributed by atoms with Crippen LogP contribution in [0.15, 0.2) is 18.2 Å². The van der Waals surface area contributed by atoms with Gasteiger partial charge >= 0.3 is 0 Å². The van der Waals surface area contributed by atoms with Crippen molar-refractivity contribution in [1.29, 1.82) is 0 Å². The summed E-state index contributed by atoms with van der Waals surface area (Å²) in [5.41, 5.74) is 1.03. The van der Waals surface area contributed by atoms with Gasteiger partial charge in [0, 0.05) is 18.8 Å². The Morgan fingerprint density at radius 1 is 1.24 bits per heavy atom. The van der Waals surface area contributed by atoms with Crippen molar-refractivity contribution in [2.24, 2.45) is 0 Å². The van der Waals surface area contributed by atoms with E-state index in [1.807, 2.05) is 18.2 Å². The molecule has 2 rings (SSSR count). The van der Waals surface area contributed by atoms with Gasteiger partial charge in [-0.25, -0.2) is 0 Å². The fraction of sp³-hybridized carbons (Fsp3) is 0.538. The predicted molar refractivity (Wildman–Crippen MR) is 73.1 cm³/mol. The van der Waals surface area contributed by atoms with Crippen molar-refractivity contribution in [3.63, 3.8) is 0 Å². The number of benzene rings is 1. The van der Waals surface area contributed by atoms with E-state index < -0.39 is 0 Å². The molecule has 1 fully saturated rings. The van der Waals surface area contributed by atoms with Crippen LogP contribution in [-0.2, 0) is 4.74 Å². The van der Waals surface area contributed by atoms with Gasteiger partial charge in [0.15, 0.2) is 0 Å². The molecule has 1 aliphatic rings. The van der Waals surface area contributed by atoms with Crippen molar-refractivity contribution >= 4 is 28.9 Å². The number of halogens is 2. The van der Waals surface area contributed by atoms with E-state index in [1.165, 1.54) is 12.8 Å². The van der Waals surface area contributed by atoms with Crippen molar-refractivity contribution in [3.05, 3.63) is 28.2 Å². The Morgan fingerprint density at radius 2 is 2.06 bits per heavy atom. The SMILES string of the molecule is COC1CCCC(Nc2ccc(Cl)c(Cl)c2)C1. The lowest BCUT2D eigenvalue weighted by molar-refractivity contribution is 0.0669. The third-order valence-corrected chi connectivity index (χ3v) is 3.99. The highest BCUT2D eigenvalue weighted by molar-refractivity contribution is 6.42. The number of hydrogen-bond donors (Lipinski definition) is 1. The topological polar surface area (TPSA) is 21.3 Å². The Balaban J connectivity index is 1.97. The Hall–Kier alpha value is -0.440. The van der Waals surface area contributed by atoms with E-state index in [2.05, 4.69) is 5.32 Å². The Bertz CT molecular complexity index is 384. The minimum Gasteiger partial charge on any atom is -0.382 e. The van der Waals surface area contributed by atoms with Crippen LogP contribution in [0.25, 0.3) is 0 Å². The summed E-state index contributed by atoms with van der Waals surface area (Å²) in [6.45, 7) is 0. The first kappa shape index (κ1) is 13.0. The Kier molecular flexibility index (Phi) is 4.55. The molecular formula is C13H17Cl2NO. The number of nitrogens with one attached hydrogen (secondary N) is 1. The first-order valence-corrected chi connectivity index (χ1v) is 6.69. The van der Waals surface area contributed by atoms with Crippen molar-refractivity contribution in [2.45, 2.75) is 37.8 Å². The number of hydrogen-bond acceptors (Lipinski definition) is 2. The van der Waals surface area contributed by atoms with Crippen LogP contribution in [0.4, 0.5) is 5.69 Å². The van der Waals surface area contributed by atoms with Crippen LogP contribution in [0.1, 0.15) is 25.7 Å². The van der Waals surface area contributed by atoms with E-state index in [0.29, 0.717) is 22.2 Å². The van der Waals surface area contributed by atoms with Crippen molar-refractivity contribution in [2.75, 3.05) is 12.4 Å². The van der Waals surface area contributed by atoms with Crippen LogP contribution < -0.4 is 5.32 Å². The molecule has 0 radical (unpaired) electrons. The molecule has 1 aromatic carbocycles. The smallest absolute Gasteiger partial charge is 0.0612 e. The number of anilines is 1. The van der Waals surface area contributed by atoms with Crippen LogP contribution in [0.2, 0.25) is 10.0 Å². The molecular weight excluding hydrogens is 257 g/mol. The minimum atomic E-state index is 0.379. The van der Waals surface area contributed by atoms with Gasteiger partial charge in [0.05, 0.1) is 16.1 Å². The lowest BCUT2D eigenvalue weighted by Gasteiger charge is -2.29. The highest BCUT2D eigenvalue weighted by atomic mass is 35.5. The van der Waals surface area contributed by atoms with Crippen LogP contribution in [-0.4, -0.2) is 19.3 Å². The van der Waals surface area contributed by atoms with Gasteiger partial charge in [0.1, 0.15) is 0 Å². The van der Waals surface area contributed by atoms with Crippen molar-refractivity contribution in [1.82, 2.24) is 0 Å². The molecule has 0 aliphatic heterocycles. The average molecular weight is 274 g/mol. The number of methoxy groups -OCH3 is 1. The molecule has 2 atom stereocenters. The van der Waals surface area contributed by atoms with Gasteiger partial charge in [-0.3, -0.25) is 0 Å². The minimum absolute atomic E-state index is 0.379. The van der Waals surface area contributed by atoms with E-state index >= 15 is 0 Å². The summed E-state index contributed by atoms with van der Waals surface area (Å²) in [6.07, 6.45) is 4.98. The fourth-order valence-corrected chi connectivity index (χ4v) is 2.61. The van der Waals surface area contributed by atoms with E-state index in [9.17, 15) is 0 Å². The highest BCUT2D eigenvalue weighted by Crippen LogP contribution is 2.28. The molecule has 0 saturated heterocycles. The molecule has 2 unspecified atom stereocenters. The van der Waals surface area contributed by atoms with Crippen LogP contribution in [0.5, 0.6) is 0 Å². The highest BCUT2D eigenvalue weighted by Gasteiger charge is 2.21. The van der Waals surface area contributed by atoms with Crippen molar-refractivity contribution < 1.29 is 4.74 Å². The molecule has 17 heavy (non-hydrogen) atoms. The van der Waals surface area contributed by atoms with E-state index in [1.54, 1.807) is 7.11 Å². The van der Waals surface area contributed by atoms with Crippen LogP contribution in [0, 0.1) is 0 Å². The Labute approximate surface area is 112 Å². The van der Waals surface area contributed by atoms with Gasteiger partial charge < -0.3 is 10.1 Å². The first-order chi connectivity index (χ1) is 8.19. The molecule has 94 valence electrons. The summed E-state index contributed by atoms with van der Waals surface area (Å²) >= 11 is 11.9. The van der Waals surface area contributed by atoms with E-state index in [4.69, 9.17) is 27.9 Å². The van der Waals surface area contributed by atoms with Gasteiger partial charge in [-0.2, -0.15) is 0 Å². The van der Waals surface area contributed by atoms with Gasteiger partial charge in [-0.15, -0.1) is 0 Å². The second-order valence-electron chi connectivity index (χ2n) is 4.49. The molecule has 0 heterocycles. The Morgan fingerprint density at radius 3 is 2.76 bits per heavy atom. The molecule has 1 aromatic rings. The lowest BCUT2D eigenvalue weighted by Crippen LogP contribution is -2.30. The molecule has 0 bridgehead atoms. The molecule has 1 saturated carbocycles. The third kappa shape index (κ3) is 3.51. The summed E-state index contributed by atoms with van der Waals surface area (Å²) < 4.78 is 5.41. The van der Waals surface area contributed by atoms with Gasteiger partial charge in [0.2, 0.25) is 0 Å². The quantitative estimate of drug-likeness (QED) is 0.884. The van der Waals surface area contributed by atoms with Gasteiger partial charge in [-0.05, 0) is 43.9 Å². The summed E-state index contributed by atoms with van der Waals surface area (Å²) in [4.78, 5) is 0. The number of rotatable bonds is 3. The van der Waals surface area contributed by atoms with Crippen LogP contribution in [0.3, 0.4) is 0 Å². The largest absolute Gasteiger partial charge is 0.382 e. The average Bonchev–Trinajstić information content (AvgIpc) is 2.34. The summed E-state index contributed by atoms with van der Waals surface area (Å²) in [5, 5.41) is 4.68. The molecule has 4 heteroatoms. The number of ether oxygens (including phenoxy) is 1. The zero-order valence-electron chi connectivity index (χ0n) is 9.88. The zero-order chi connectivity index (χ0) is 12.3. The molecule has 2 nitrogen and oxygen atoms in total. The second kappa shape index (κ2) is 5.94. The van der Waals surface area contributed by atoms with Crippen molar-refractivity contribution in [3.8, 4) is 0 Å².